The second kappa shape index (κ2) is 5.96. The van der Waals surface area contributed by atoms with Crippen molar-refractivity contribution >= 4 is 22.9 Å². The van der Waals surface area contributed by atoms with Crippen LogP contribution in [0.4, 0.5) is 5.69 Å². The van der Waals surface area contributed by atoms with Crippen LogP contribution in [0, 0.1) is 0 Å². The Morgan fingerprint density at radius 2 is 2.18 bits per heavy atom. The van der Waals surface area contributed by atoms with E-state index in [0.717, 1.165) is 12.1 Å². The van der Waals surface area contributed by atoms with E-state index >= 15 is 0 Å². The number of nitrogens with zero attached hydrogens (tertiary/aromatic N) is 1. The Bertz CT molecular complexity index is 672. The maximum Gasteiger partial charge on any atom is 0.248 e. The Morgan fingerprint density at radius 1 is 1.36 bits per heavy atom. The van der Waals surface area contributed by atoms with E-state index < -0.39 is 5.79 Å². The standard InChI is InChI=1S/C16H18N2O3S/c1-3-16(2)20-13-6-4-11(8-14(13)21-16)18-15(19)7-5-12-9-22-10-17-12/h4,6,8-10H,3,5,7H2,1-2H3,(H,18,19). The molecule has 0 fully saturated rings. The van der Waals surface area contributed by atoms with Gasteiger partial charge in [-0.3, -0.25) is 4.79 Å². The molecular weight excluding hydrogens is 300 g/mol. The highest BCUT2D eigenvalue weighted by atomic mass is 32.1. The number of amides is 1. The normalized spacial score (nSPS) is 19.2. The molecule has 0 saturated carbocycles. The Hall–Kier alpha value is -2.08. The van der Waals surface area contributed by atoms with Crippen LogP contribution in [0.2, 0.25) is 0 Å². The summed E-state index contributed by atoms with van der Waals surface area (Å²) in [6.07, 6.45) is 1.80. The van der Waals surface area contributed by atoms with E-state index in [4.69, 9.17) is 9.47 Å². The summed E-state index contributed by atoms with van der Waals surface area (Å²) in [5.41, 5.74) is 3.44. The Morgan fingerprint density at radius 3 is 2.91 bits per heavy atom. The summed E-state index contributed by atoms with van der Waals surface area (Å²) in [5, 5.41) is 4.84. The van der Waals surface area contributed by atoms with Gasteiger partial charge >= 0.3 is 0 Å². The number of carbonyl (C=O) groups is 1. The third-order valence-corrected chi connectivity index (χ3v) is 4.25. The van der Waals surface area contributed by atoms with Crippen LogP contribution in [0.3, 0.4) is 0 Å². The van der Waals surface area contributed by atoms with Crippen molar-refractivity contribution in [3.63, 3.8) is 0 Å². The number of carbonyl (C=O) groups excluding carboxylic acids is 1. The first-order chi connectivity index (χ1) is 10.6. The molecule has 0 spiro atoms. The minimum absolute atomic E-state index is 0.0369. The Kier molecular flexibility index (Phi) is 4.02. The molecular formula is C16H18N2O3S. The van der Waals surface area contributed by atoms with Crippen LogP contribution in [0.15, 0.2) is 29.1 Å². The van der Waals surface area contributed by atoms with Gasteiger partial charge in [-0.2, -0.15) is 0 Å². The maximum atomic E-state index is 12.0. The molecule has 1 aromatic carbocycles. The molecule has 1 unspecified atom stereocenters. The lowest BCUT2D eigenvalue weighted by atomic mass is 10.2. The van der Waals surface area contributed by atoms with Crippen molar-refractivity contribution < 1.29 is 14.3 Å². The summed E-state index contributed by atoms with van der Waals surface area (Å²) in [6.45, 7) is 3.91. The molecule has 22 heavy (non-hydrogen) atoms. The van der Waals surface area contributed by atoms with Gasteiger partial charge in [0.2, 0.25) is 11.7 Å². The zero-order valence-corrected chi connectivity index (χ0v) is 13.4. The quantitative estimate of drug-likeness (QED) is 0.915. The number of rotatable bonds is 5. The second-order valence-electron chi connectivity index (χ2n) is 5.38. The van der Waals surface area contributed by atoms with Crippen LogP contribution in [0.5, 0.6) is 11.5 Å². The van der Waals surface area contributed by atoms with E-state index in [1.807, 2.05) is 31.4 Å². The first-order valence-electron chi connectivity index (χ1n) is 7.27. The predicted octanol–water partition coefficient (Wildman–Crippen LogP) is 3.61. The van der Waals surface area contributed by atoms with E-state index in [2.05, 4.69) is 10.3 Å². The average Bonchev–Trinajstić information content (AvgIpc) is 3.12. The van der Waals surface area contributed by atoms with E-state index in [9.17, 15) is 4.79 Å². The van der Waals surface area contributed by atoms with Crippen molar-refractivity contribution in [2.75, 3.05) is 5.32 Å². The van der Waals surface area contributed by atoms with Crippen molar-refractivity contribution in [2.45, 2.75) is 38.9 Å². The van der Waals surface area contributed by atoms with Crippen molar-refractivity contribution in [1.29, 1.82) is 0 Å². The first kappa shape index (κ1) is 14.8. The molecule has 0 bridgehead atoms. The number of aryl methyl sites for hydroxylation is 1. The van der Waals surface area contributed by atoms with E-state index in [1.165, 1.54) is 11.3 Å². The summed E-state index contributed by atoms with van der Waals surface area (Å²) < 4.78 is 11.6. The third kappa shape index (κ3) is 3.22. The van der Waals surface area contributed by atoms with Crippen LogP contribution >= 0.6 is 11.3 Å². The predicted molar refractivity (Wildman–Crippen MR) is 85.5 cm³/mol. The lowest BCUT2D eigenvalue weighted by Gasteiger charge is -2.20. The summed E-state index contributed by atoms with van der Waals surface area (Å²) in [4.78, 5) is 16.2. The molecule has 3 rings (SSSR count). The van der Waals surface area contributed by atoms with Gasteiger partial charge in [0.05, 0.1) is 11.2 Å². The Balaban J connectivity index is 1.60. The minimum Gasteiger partial charge on any atom is -0.449 e. The van der Waals surface area contributed by atoms with Crippen molar-refractivity contribution in [3.8, 4) is 11.5 Å². The second-order valence-corrected chi connectivity index (χ2v) is 6.10. The van der Waals surface area contributed by atoms with Crippen LogP contribution < -0.4 is 14.8 Å². The zero-order chi connectivity index (χ0) is 15.6. The Labute approximate surface area is 133 Å². The number of nitrogens with one attached hydrogen (secondary N) is 1. The van der Waals surface area contributed by atoms with Gasteiger partial charge < -0.3 is 14.8 Å². The molecule has 0 aliphatic carbocycles. The zero-order valence-electron chi connectivity index (χ0n) is 12.6. The fourth-order valence-electron chi connectivity index (χ4n) is 2.21. The molecule has 1 aliphatic heterocycles. The molecule has 0 saturated heterocycles. The van der Waals surface area contributed by atoms with Gasteiger partial charge in [-0.1, -0.05) is 6.92 Å². The van der Waals surface area contributed by atoms with Crippen LogP contribution in [0.25, 0.3) is 0 Å². The molecule has 1 N–H and O–H groups in total. The van der Waals surface area contributed by atoms with Gasteiger partial charge in [0, 0.05) is 36.9 Å². The lowest BCUT2D eigenvalue weighted by molar-refractivity contribution is -0.116. The van der Waals surface area contributed by atoms with Gasteiger partial charge in [0.1, 0.15) is 0 Å². The van der Waals surface area contributed by atoms with Crippen LogP contribution in [-0.4, -0.2) is 16.7 Å². The fourth-order valence-corrected chi connectivity index (χ4v) is 2.80. The average molecular weight is 318 g/mol. The SMILES string of the molecule is CCC1(C)Oc2ccc(NC(=O)CCc3cscn3)cc2O1. The largest absolute Gasteiger partial charge is 0.449 e. The highest BCUT2D eigenvalue weighted by molar-refractivity contribution is 7.07. The first-order valence-corrected chi connectivity index (χ1v) is 8.21. The van der Waals surface area contributed by atoms with Gasteiger partial charge in [0.25, 0.3) is 0 Å². The lowest BCUT2D eigenvalue weighted by Crippen LogP contribution is -2.33. The molecule has 116 valence electrons. The monoisotopic (exact) mass is 318 g/mol. The molecule has 2 aromatic rings. The number of benzene rings is 1. The fraction of sp³-hybridized carbons (Fsp3) is 0.375. The van der Waals surface area contributed by atoms with Crippen LogP contribution in [0.1, 0.15) is 32.4 Å². The molecule has 5 nitrogen and oxygen atoms in total. The molecule has 1 atom stereocenters. The number of aromatic nitrogens is 1. The van der Waals surface area contributed by atoms with Gasteiger partial charge in [0.15, 0.2) is 11.5 Å². The molecule has 2 heterocycles. The highest BCUT2D eigenvalue weighted by Crippen LogP contribution is 2.42. The maximum absolute atomic E-state index is 12.0. The number of hydrogen-bond acceptors (Lipinski definition) is 5. The highest BCUT2D eigenvalue weighted by Gasteiger charge is 2.34. The van der Waals surface area contributed by atoms with E-state index in [-0.39, 0.29) is 5.91 Å². The molecule has 6 heteroatoms. The molecule has 0 radical (unpaired) electrons. The van der Waals surface area contributed by atoms with Crippen LogP contribution in [-0.2, 0) is 11.2 Å². The van der Waals surface area contributed by atoms with E-state index in [0.29, 0.717) is 30.0 Å². The topological polar surface area (TPSA) is 60.5 Å². The molecule has 1 aliphatic rings. The number of hydrogen-bond donors (Lipinski definition) is 1. The number of anilines is 1. The van der Waals surface area contributed by atoms with Crippen molar-refractivity contribution in [1.82, 2.24) is 4.98 Å². The third-order valence-electron chi connectivity index (χ3n) is 3.61. The summed E-state index contributed by atoms with van der Waals surface area (Å²) in [5.74, 6) is 0.729. The number of fused-ring (bicyclic) bond motifs is 1. The summed E-state index contributed by atoms with van der Waals surface area (Å²) in [6, 6.07) is 5.45. The smallest absolute Gasteiger partial charge is 0.248 e. The van der Waals surface area contributed by atoms with Gasteiger partial charge in [-0.25, -0.2) is 4.98 Å². The van der Waals surface area contributed by atoms with Gasteiger partial charge in [-0.05, 0) is 18.6 Å². The molecule has 1 aromatic heterocycles. The van der Waals surface area contributed by atoms with Crippen molar-refractivity contribution in [2.24, 2.45) is 0 Å². The summed E-state index contributed by atoms with van der Waals surface area (Å²) in [7, 11) is 0. The van der Waals surface area contributed by atoms with Crippen molar-refractivity contribution in [3.05, 3.63) is 34.8 Å². The van der Waals surface area contributed by atoms with E-state index in [1.54, 1.807) is 11.6 Å². The number of ether oxygens (including phenoxy) is 2. The minimum atomic E-state index is -0.615. The summed E-state index contributed by atoms with van der Waals surface area (Å²) >= 11 is 1.54. The van der Waals surface area contributed by atoms with Gasteiger partial charge in [-0.15, -0.1) is 11.3 Å². The molecule has 1 amide bonds. The number of thiazole rings is 1.